The van der Waals surface area contributed by atoms with Crippen molar-refractivity contribution in [3.8, 4) is 22.4 Å². The first-order valence-electron chi connectivity index (χ1n) is 6.00. The molecule has 0 unspecified atom stereocenters. The molecule has 0 spiro atoms. The molecule has 0 amide bonds. The first-order valence-corrected chi connectivity index (χ1v) is 6.00. The maximum atomic E-state index is 4.35. The van der Waals surface area contributed by atoms with Crippen molar-refractivity contribution in [1.29, 1.82) is 0 Å². The van der Waals surface area contributed by atoms with E-state index in [1.165, 1.54) is 11.1 Å². The summed E-state index contributed by atoms with van der Waals surface area (Å²) in [5.41, 5.74) is 4.63. The molecule has 0 saturated carbocycles. The van der Waals surface area contributed by atoms with Crippen molar-refractivity contribution in [2.75, 3.05) is 0 Å². The van der Waals surface area contributed by atoms with Gasteiger partial charge in [0.15, 0.2) is 0 Å². The second kappa shape index (κ2) is 6.42. The third kappa shape index (κ3) is 3.17. The topological polar surface area (TPSA) is 12.9 Å². The minimum Gasteiger partial charge on any atom is -0.256 e. The molecule has 1 radical (unpaired) electrons. The van der Waals surface area contributed by atoms with Crippen LogP contribution in [-0.2, 0) is 20.1 Å². The molecule has 0 N–H and O–H groups in total. The van der Waals surface area contributed by atoms with Gasteiger partial charge in [-0.3, -0.25) is 4.98 Å². The van der Waals surface area contributed by atoms with Crippen LogP contribution < -0.4 is 0 Å². The molecule has 3 rings (SSSR count). The minimum absolute atomic E-state index is 0. The van der Waals surface area contributed by atoms with Crippen molar-refractivity contribution in [1.82, 2.24) is 4.98 Å². The fourth-order valence-electron chi connectivity index (χ4n) is 2.00. The predicted octanol–water partition coefficient (Wildman–Crippen LogP) is 4.41. The van der Waals surface area contributed by atoms with Gasteiger partial charge in [0.05, 0.1) is 5.69 Å². The van der Waals surface area contributed by atoms with E-state index in [0.717, 1.165) is 11.3 Å². The zero-order valence-electron chi connectivity index (χ0n) is 10.3. The van der Waals surface area contributed by atoms with Crippen molar-refractivity contribution in [2.45, 2.75) is 0 Å². The Morgan fingerprint density at radius 3 is 1.74 bits per heavy atom. The van der Waals surface area contributed by atoms with Gasteiger partial charge in [-0.25, -0.2) is 0 Å². The summed E-state index contributed by atoms with van der Waals surface area (Å²) in [5.74, 6) is 0. The summed E-state index contributed by atoms with van der Waals surface area (Å²) in [4.78, 5) is 4.35. The fourth-order valence-corrected chi connectivity index (χ4v) is 2.00. The summed E-state index contributed by atoms with van der Waals surface area (Å²) < 4.78 is 0. The van der Waals surface area contributed by atoms with Crippen LogP contribution in [0.15, 0.2) is 79.0 Å². The molecule has 2 heteroatoms. The molecule has 3 aromatic rings. The van der Waals surface area contributed by atoms with E-state index in [9.17, 15) is 0 Å². The first-order chi connectivity index (χ1) is 8.93. The molecule has 1 aromatic heterocycles. The third-order valence-corrected chi connectivity index (χ3v) is 2.95. The Kier molecular flexibility index (Phi) is 4.62. The number of pyridine rings is 1. The molecule has 0 aliphatic carbocycles. The molecular formula is C17H13IrN. The summed E-state index contributed by atoms with van der Waals surface area (Å²) in [6.07, 6.45) is 1.82. The van der Waals surface area contributed by atoms with E-state index < -0.39 is 0 Å². The van der Waals surface area contributed by atoms with Crippen molar-refractivity contribution in [3.05, 3.63) is 79.0 Å². The Balaban J connectivity index is 0.00000133. The van der Waals surface area contributed by atoms with Gasteiger partial charge in [-0.1, -0.05) is 60.7 Å². The van der Waals surface area contributed by atoms with E-state index in [0.29, 0.717) is 0 Å². The smallest absolute Gasteiger partial charge is 0.0701 e. The van der Waals surface area contributed by atoms with E-state index in [1.807, 2.05) is 30.5 Å². The van der Waals surface area contributed by atoms with Crippen molar-refractivity contribution >= 4 is 0 Å². The molecule has 0 saturated heterocycles. The molecule has 0 aliphatic heterocycles. The summed E-state index contributed by atoms with van der Waals surface area (Å²) in [5, 5.41) is 0. The van der Waals surface area contributed by atoms with Crippen LogP contribution in [0.3, 0.4) is 0 Å². The van der Waals surface area contributed by atoms with E-state index in [2.05, 4.69) is 53.5 Å². The van der Waals surface area contributed by atoms with E-state index in [1.54, 1.807) is 0 Å². The maximum Gasteiger partial charge on any atom is 0.0701 e. The van der Waals surface area contributed by atoms with Gasteiger partial charge in [0, 0.05) is 31.9 Å². The van der Waals surface area contributed by atoms with E-state index >= 15 is 0 Å². The van der Waals surface area contributed by atoms with Crippen LogP contribution in [-0.4, -0.2) is 4.98 Å². The monoisotopic (exact) mass is 424 g/mol. The van der Waals surface area contributed by atoms with Crippen LogP contribution >= 0.6 is 0 Å². The minimum atomic E-state index is 0. The number of rotatable bonds is 2. The van der Waals surface area contributed by atoms with Gasteiger partial charge < -0.3 is 0 Å². The van der Waals surface area contributed by atoms with Gasteiger partial charge in [0.25, 0.3) is 0 Å². The van der Waals surface area contributed by atoms with Crippen molar-refractivity contribution in [3.63, 3.8) is 0 Å². The van der Waals surface area contributed by atoms with Crippen LogP contribution in [0.2, 0.25) is 0 Å². The number of hydrogen-bond acceptors (Lipinski definition) is 1. The molecule has 0 bridgehead atoms. The Morgan fingerprint density at radius 2 is 1.11 bits per heavy atom. The van der Waals surface area contributed by atoms with Crippen LogP contribution in [0.4, 0.5) is 0 Å². The third-order valence-electron chi connectivity index (χ3n) is 2.95. The average molecular weight is 424 g/mol. The van der Waals surface area contributed by atoms with Gasteiger partial charge in [0.1, 0.15) is 0 Å². The van der Waals surface area contributed by atoms with Gasteiger partial charge >= 0.3 is 0 Å². The van der Waals surface area contributed by atoms with Crippen LogP contribution in [0.1, 0.15) is 0 Å². The molecular weight excluding hydrogens is 410 g/mol. The molecule has 95 valence electrons. The average Bonchev–Trinajstić information content (AvgIpc) is 2.49. The van der Waals surface area contributed by atoms with E-state index in [4.69, 9.17) is 0 Å². The first kappa shape index (κ1) is 13.7. The number of nitrogens with zero attached hydrogens (tertiary/aromatic N) is 1. The summed E-state index contributed by atoms with van der Waals surface area (Å²) in [6, 6.07) is 24.9. The van der Waals surface area contributed by atoms with Crippen molar-refractivity contribution in [2.24, 2.45) is 0 Å². The van der Waals surface area contributed by atoms with Crippen molar-refractivity contribution < 1.29 is 20.1 Å². The zero-order valence-corrected chi connectivity index (χ0v) is 12.7. The van der Waals surface area contributed by atoms with Crippen LogP contribution in [0.5, 0.6) is 0 Å². The zero-order chi connectivity index (χ0) is 12.2. The Labute approximate surface area is 126 Å². The molecule has 1 heterocycles. The maximum absolute atomic E-state index is 4.35. The molecule has 1 nitrogen and oxygen atoms in total. The Bertz CT molecular complexity index is 560. The van der Waals surface area contributed by atoms with E-state index in [-0.39, 0.29) is 20.1 Å². The SMILES string of the molecule is [Ir].c1ccc(-c2ccc(-c3ccccn3)cc2)cc1. The summed E-state index contributed by atoms with van der Waals surface area (Å²) in [7, 11) is 0. The quantitative estimate of drug-likeness (QED) is 0.595. The number of benzene rings is 2. The Morgan fingerprint density at radius 1 is 0.526 bits per heavy atom. The van der Waals surface area contributed by atoms with Gasteiger partial charge in [-0.05, 0) is 23.3 Å². The molecule has 2 aromatic carbocycles. The molecule has 0 fully saturated rings. The predicted molar refractivity (Wildman–Crippen MR) is 75.1 cm³/mol. The Hall–Kier alpha value is -1.76. The summed E-state index contributed by atoms with van der Waals surface area (Å²) in [6.45, 7) is 0. The molecule has 19 heavy (non-hydrogen) atoms. The molecule has 0 atom stereocenters. The van der Waals surface area contributed by atoms with Gasteiger partial charge in [-0.15, -0.1) is 0 Å². The largest absolute Gasteiger partial charge is 0.256 e. The number of hydrogen-bond donors (Lipinski definition) is 0. The van der Waals surface area contributed by atoms with Crippen LogP contribution in [0.25, 0.3) is 22.4 Å². The standard InChI is InChI=1S/C17H13N.Ir/c1-2-6-14(7-3-1)15-9-11-16(12-10-15)17-8-4-5-13-18-17;/h1-13H;. The fraction of sp³-hybridized carbons (Fsp3) is 0. The normalized spacial score (nSPS) is 9.68. The number of aromatic nitrogens is 1. The summed E-state index contributed by atoms with van der Waals surface area (Å²) >= 11 is 0. The second-order valence-electron chi connectivity index (χ2n) is 4.16. The van der Waals surface area contributed by atoms with Gasteiger partial charge in [-0.2, -0.15) is 0 Å². The molecule has 0 aliphatic rings. The second-order valence-corrected chi connectivity index (χ2v) is 4.16. The van der Waals surface area contributed by atoms with Gasteiger partial charge in [0.2, 0.25) is 0 Å². The van der Waals surface area contributed by atoms with Crippen LogP contribution in [0, 0.1) is 0 Å².